The van der Waals surface area contributed by atoms with Crippen molar-refractivity contribution in [3.63, 3.8) is 0 Å². The van der Waals surface area contributed by atoms with E-state index in [0.29, 0.717) is 23.5 Å². The molecule has 30 heavy (non-hydrogen) atoms. The molecule has 6 atom stereocenters. The summed E-state index contributed by atoms with van der Waals surface area (Å²) >= 11 is 0. The maximum absolute atomic E-state index is 13.4. The number of ether oxygens (including phenoxy) is 1. The van der Waals surface area contributed by atoms with Crippen LogP contribution in [0.4, 0.5) is 0 Å². The summed E-state index contributed by atoms with van der Waals surface area (Å²) in [6.45, 7) is 13.6. The molecule has 1 saturated heterocycles. The van der Waals surface area contributed by atoms with E-state index < -0.39 is 5.41 Å². The normalized spacial score (nSPS) is 48.2. The van der Waals surface area contributed by atoms with Gasteiger partial charge in [-0.05, 0) is 81.0 Å². The van der Waals surface area contributed by atoms with Crippen molar-refractivity contribution in [2.45, 2.75) is 77.2 Å². The number of nitrogens with zero attached hydrogens (tertiary/aromatic N) is 1. The quantitative estimate of drug-likeness (QED) is 0.365. The lowest BCUT2D eigenvalue weighted by Crippen LogP contribution is -2.56. The SMILES string of the molecule is [C-]#[N+]C1=C[C@@]2(C)C(=CC[C@@H]3[C@@H]2CC[C@@]2(C)[C@H]3CCC23CCCO3)C2(CC=CC2)C1=O. The predicted molar refractivity (Wildman–Crippen MR) is 116 cm³/mol. The van der Waals surface area contributed by atoms with Gasteiger partial charge in [-0.1, -0.05) is 43.7 Å². The van der Waals surface area contributed by atoms with Gasteiger partial charge < -0.3 is 9.53 Å². The van der Waals surface area contributed by atoms with Crippen molar-refractivity contribution in [2.24, 2.45) is 34.0 Å². The smallest absolute Gasteiger partial charge is 0.227 e. The number of hydrogen-bond donors (Lipinski definition) is 0. The number of carbonyl (C=O) groups is 1. The Morgan fingerprint density at radius 2 is 1.87 bits per heavy atom. The molecule has 6 rings (SSSR count). The molecule has 6 aliphatic rings. The highest BCUT2D eigenvalue weighted by molar-refractivity contribution is 6.05. The molecule has 0 radical (unpaired) electrons. The van der Waals surface area contributed by atoms with E-state index in [1.54, 1.807) is 0 Å². The third kappa shape index (κ3) is 2.03. The molecular weight excluding hydrogens is 370 g/mol. The van der Waals surface area contributed by atoms with Crippen LogP contribution in [0, 0.1) is 40.6 Å². The first-order valence-electron chi connectivity index (χ1n) is 12.1. The molecule has 1 heterocycles. The molecule has 3 fully saturated rings. The molecular formula is C27H33NO2. The van der Waals surface area contributed by atoms with Gasteiger partial charge in [-0.25, -0.2) is 4.85 Å². The van der Waals surface area contributed by atoms with Crippen molar-refractivity contribution in [1.82, 2.24) is 0 Å². The largest absolute Gasteiger partial charge is 0.374 e. The molecule has 3 heteroatoms. The monoisotopic (exact) mass is 403 g/mol. The minimum Gasteiger partial charge on any atom is -0.374 e. The van der Waals surface area contributed by atoms with Gasteiger partial charge in [0.25, 0.3) is 0 Å². The standard InChI is InChI=1S/C27H33NO2/c1-24-17-21(28-3)23(29)26(11-4-5-12-26)22(24)8-7-18-19(24)9-14-25(2)20(18)10-15-27(25)13-6-16-30-27/h4-5,8,17-20H,6-7,9-16H2,1-2H3/t18-,19+,20+,24-,25+,27?/m1/s1. The van der Waals surface area contributed by atoms with E-state index in [2.05, 4.69) is 43.0 Å². The van der Waals surface area contributed by atoms with Gasteiger partial charge in [0.1, 0.15) is 0 Å². The maximum Gasteiger partial charge on any atom is 0.227 e. The molecule has 5 aliphatic carbocycles. The Balaban J connectivity index is 1.44. The van der Waals surface area contributed by atoms with Gasteiger partial charge in [0.05, 0.1) is 17.6 Å². The van der Waals surface area contributed by atoms with Crippen LogP contribution in [0.25, 0.3) is 4.85 Å². The lowest BCUT2D eigenvalue weighted by Gasteiger charge is -2.60. The van der Waals surface area contributed by atoms with Crippen LogP contribution in [0.3, 0.4) is 0 Å². The van der Waals surface area contributed by atoms with E-state index in [9.17, 15) is 4.79 Å². The van der Waals surface area contributed by atoms with Gasteiger partial charge in [-0.2, -0.15) is 0 Å². The number of rotatable bonds is 0. The lowest BCUT2D eigenvalue weighted by molar-refractivity contribution is -0.132. The molecule has 0 aromatic heterocycles. The fourth-order valence-electron chi connectivity index (χ4n) is 9.23. The van der Waals surface area contributed by atoms with Crippen LogP contribution < -0.4 is 0 Å². The van der Waals surface area contributed by atoms with Crippen molar-refractivity contribution in [3.8, 4) is 0 Å². The molecule has 0 bridgehead atoms. The second-order valence-electron chi connectivity index (χ2n) is 11.4. The molecule has 1 aliphatic heterocycles. The van der Waals surface area contributed by atoms with Gasteiger partial charge >= 0.3 is 0 Å². The molecule has 3 nitrogen and oxygen atoms in total. The summed E-state index contributed by atoms with van der Waals surface area (Å²) in [5.41, 5.74) is 1.51. The van der Waals surface area contributed by atoms with E-state index >= 15 is 0 Å². The minimum atomic E-state index is -0.472. The first-order valence-corrected chi connectivity index (χ1v) is 12.1. The van der Waals surface area contributed by atoms with Gasteiger partial charge in [0.15, 0.2) is 5.78 Å². The zero-order valence-electron chi connectivity index (χ0n) is 18.4. The number of carbonyl (C=O) groups excluding carboxylic acids is 1. The van der Waals surface area contributed by atoms with E-state index in [1.165, 1.54) is 44.1 Å². The summed E-state index contributed by atoms with van der Waals surface area (Å²) in [5.74, 6) is 1.95. The topological polar surface area (TPSA) is 30.7 Å². The summed E-state index contributed by atoms with van der Waals surface area (Å²) in [5, 5.41) is 0. The minimum absolute atomic E-state index is 0.0736. The third-order valence-electron chi connectivity index (χ3n) is 10.6. The van der Waals surface area contributed by atoms with Crippen molar-refractivity contribution >= 4 is 5.78 Å². The average Bonchev–Trinajstić information content (AvgIpc) is 3.47. The number of fused-ring (bicyclic) bond motifs is 7. The van der Waals surface area contributed by atoms with E-state index in [1.807, 2.05) is 0 Å². The molecule has 0 aromatic rings. The number of allylic oxidation sites excluding steroid dienone is 6. The Morgan fingerprint density at radius 1 is 1.10 bits per heavy atom. The Kier molecular flexibility index (Phi) is 3.80. The molecule has 1 unspecified atom stereocenters. The van der Waals surface area contributed by atoms with Crippen molar-refractivity contribution in [3.05, 3.63) is 47.0 Å². The summed E-state index contributed by atoms with van der Waals surface area (Å²) in [4.78, 5) is 17.1. The van der Waals surface area contributed by atoms with Crippen LogP contribution >= 0.6 is 0 Å². The molecule has 0 N–H and O–H groups in total. The number of Topliss-reactive ketones (excluding diaryl/α,β-unsaturated/α-hetero) is 1. The first kappa shape index (κ1) is 19.1. The van der Waals surface area contributed by atoms with Crippen molar-refractivity contribution < 1.29 is 9.53 Å². The van der Waals surface area contributed by atoms with Crippen molar-refractivity contribution in [1.29, 1.82) is 0 Å². The third-order valence-corrected chi connectivity index (χ3v) is 10.6. The number of hydrogen-bond acceptors (Lipinski definition) is 2. The molecule has 158 valence electrons. The Hall–Kier alpha value is -1.66. The van der Waals surface area contributed by atoms with Crippen LogP contribution in [0.2, 0.25) is 0 Å². The van der Waals surface area contributed by atoms with Crippen LogP contribution in [0.15, 0.2) is 35.6 Å². The highest BCUT2D eigenvalue weighted by Gasteiger charge is 2.66. The summed E-state index contributed by atoms with van der Waals surface area (Å²) < 4.78 is 6.49. The Morgan fingerprint density at radius 3 is 2.57 bits per heavy atom. The zero-order chi connectivity index (χ0) is 20.8. The Bertz CT molecular complexity index is 934. The van der Waals surface area contributed by atoms with E-state index in [0.717, 1.165) is 25.9 Å². The molecule has 2 saturated carbocycles. The second-order valence-corrected chi connectivity index (χ2v) is 11.4. The fourth-order valence-corrected chi connectivity index (χ4v) is 9.23. The lowest BCUT2D eigenvalue weighted by atomic mass is 9.44. The highest BCUT2D eigenvalue weighted by atomic mass is 16.5. The summed E-state index contributed by atoms with van der Waals surface area (Å²) in [6, 6.07) is 0. The fraction of sp³-hybridized carbons (Fsp3) is 0.704. The van der Waals surface area contributed by atoms with Crippen LogP contribution in [0.5, 0.6) is 0 Å². The van der Waals surface area contributed by atoms with Crippen LogP contribution in [-0.2, 0) is 9.53 Å². The van der Waals surface area contributed by atoms with Crippen LogP contribution in [-0.4, -0.2) is 18.0 Å². The van der Waals surface area contributed by atoms with Crippen LogP contribution in [0.1, 0.15) is 71.6 Å². The highest BCUT2D eigenvalue weighted by Crippen LogP contribution is 2.70. The van der Waals surface area contributed by atoms with Gasteiger partial charge in [-0.3, -0.25) is 0 Å². The molecule has 0 amide bonds. The number of ketones is 1. The Labute approximate surface area is 180 Å². The summed E-state index contributed by atoms with van der Waals surface area (Å²) in [6.07, 6.45) is 18.9. The van der Waals surface area contributed by atoms with E-state index in [-0.39, 0.29) is 22.2 Å². The molecule has 2 spiro atoms. The second kappa shape index (κ2) is 5.98. The predicted octanol–water partition coefficient (Wildman–Crippen LogP) is 6.04. The summed E-state index contributed by atoms with van der Waals surface area (Å²) in [7, 11) is 0. The average molecular weight is 404 g/mol. The maximum atomic E-state index is 13.4. The first-order chi connectivity index (χ1) is 14.4. The van der Waals surface area contributed by atoms with Crippen molar-refractivity contribution in [2.75, 3.05) is 6.61 Å². The molecule has 0 aromatic carbocycles. The van der Waals surface area contributed by atoms with Gasteiger partial charge in [0, 0.05) is 12.0 Å². The zero-order valence-corrected chi connectivity index (χ0v) is 18.4. The van der Waals surface area contributed by atoms with Gasteiger partial charge in [-0.15, -0.1) is 0 Å². The van der Waals surface area contributed by atoms with E-state index in [4.69, 9.17) is 11.3 Å². The van der Waals surface area contributed by atoms with Gasteiger partial charge in [0.2, 0.25) is 5.70 Å².